The minimum Gasteiger partial charge on any atom is -1.00 e. The highest BCUT2D eigenvalue weighted by molar-refractivity contribution is 8.13. The van der Waals surface area contributed by atoms with Crippen LogP contribution >= 0.6 is 11.8 Å². The second kappa shape index (κ2) is 13.5. The number of carbonyl (C=O) groups is 1. The second-order valence-corrected chi connectivity index (χ2v) is 8.15. The smallest absolute Gasteiger partial charge is 0.212 e. The first-order valence-electron chi connectivity index (χ1n) is 9.69. The van der Waals surface area contributed by atoms with Crippen LogP contribution in [0.25, 0.3) is 10.9 Å². The zero-order valence-corrected chi connectivity index (χ0v) is 19.2. The van der Waals surface area contributed by atoms with Crippen LogP contribution in [0.2, 0.25) is 0 Å². The average molecular weight is 485 g/mol. The lowest BCUT2D eigenvalue weighted by atomic mass is 10.1. The van der Waals surface area contributed by atoms with Gasteiger partial charge in [-0.05, 0) is 31.4 Å². The predicted molar refractivity (Wildman–Crippen MR) is 109 cm³/mol. The summed E-state index contributed by atoms with van der Waals surface area (Å²) in [6, 6.07) is 10.9. The Balaban J connectivity index is 0.00000338. The van der Waals surface area contributed by atoms with Crippen molar-refractivity contribution >= 4 is 27.8 Å². The van der Waals surface area contributed by atoms with Gasteiger partial charge in [-0.2, -0.15) is 4.57 Å². The van der Waals surface area contributed by atoms with Crippen molar-refractivity contribution < 1.29 is 33.3 Å². The van der Waals surface area contributed by atoms with Gasteiger partial charge in [-0.3, -0.25) is 4.79 Å². The molecule has 0 radical (unpaired) electrons. The van der Waals surface area contributed by atoms with Gasteiger partial charge in [0.05, 0.1) is 0 Å². The van der Waals surface area contributed by atoms with Gasteiger partial charge in [0, 0.05) is 36.6 Å². The quantitative estimate of drug-likeness (QED) is 0.277. The normalized spacial score (nSPS) is 10.7. The van der Waals surface area contributed by atoms with Gasteiger partial charge in [-0.25, -0.2) is 0 Å². The van der Waals surface area contributed by atoms with Crippen LogP contribution in [-0.4, -0.2) is 10.9 Å². The molecule has 0 fully saturated rings. The van der Waals surface area contributed by atoms with E-state index in [0.717, 1.165) is 12.3 Å². The Bertz CT molecular complexity index is 674. The molecule has 1 aromatic heterocycles. The topological polar surface area (TPSA) is 20.9 Å². The van der Waals surface area contributed by atoms with Gasteiger partial charge in [0.25, 0.3) is 0 Å². The number of fused-ring (bicyclic) bond motifs is 1. The van der Waals surface area contributed by atoms with Crippen LogP contribution in [0.4, 0.5) is 0 Å². The summed E-state index contributed by atoms with van der Waals surface area (Å²) in [5.41, 5.74) is 2.71. The molecule has 0 atom stereocenters. The fourth-order valence-corrected chi connectivity index (χ4v) is 3.92. The average Bonchev–Trinajstić information content (AvgIpc) is 2.61. The largest absolute Gasteiger partial charge is 1.00 e. The van der Waals surface area contributed by atoms with Crippen LogP contribution in [0.3, 0.4) is 0 Å². The van der Waals surface area contributed by atoms with E-state index in [2.05, 4.69) is 48.0 Å². The maximum Gasteiger partial charge on any atom is 0.212 e. The molecule has 26 heavy (non-hydrogen) atoms. The Morgan fingerprint density at radius 1 is 0.923 bits per heavy atom. The summed E-state index contributed by atoms with van der Waals surface area (Å²) in [4.78, 5) is 10.8. The molecule has 144 valence electrons. The number of carbonyl (C=O) groups excluding carboxylic acids is 1. The lowest BCUT2D eigenvalue weighted by molar-refractivity contribution is -0.671. The van der Waals surface area contributed by atoms with Gasteiger partial charge in [-0.1, -0.05) is 56.0 Å². The monoisotopic (exact) mass is 485 g/mol. The summed E-state index contributed by atoms with van der Waals surface area (Å²) in [5, 5.41) is 1.62. The van der Waals surface area contributed by atoms with Crippen molar-refractivity contribution in [2.75, 3.05) is 5.75 Å². The van der Waals surface area contributed by atoms with Gasteiger partial charge in [0.2, 0.25) is 5.52 Å². The highest BCUT2D eigenvalue weighted by Crippen LogP contribution is 2.15. The molecule has 1 aromatic carbocycles. The van der Waals surface area contributed by atoms with Crippen LogP contribution in [0.5, 0.6) is 0 Å². The Morgan fingerprint density at radius 2 is 1.54 bits per heavy atom. The number of unbranched alkanes of at least 4 members (excludes halogenated alkanes) is 7. The van der Waals surface area contributed by atoms with E-state index in [0.29, 0.717) is 0 Å². The number of pyridine rings is 1. The number of hydrogen-bond acceptors (Lipinski definition) is 2. The molecule has 1 heterocycles. The number of aromatic nitrogens is 1. The molecule has 0 spiro atoms. The molecule has 0 aliphatic rings. The second-order valence-electron chi connectivity index (χ2n) is 6.88. The van der Waals surface area contributed by atoms with E-state index >= 15 is 0 Å². The van der Waals surface area contributed by atoms with E-state index in [1.54, 1.807) is 6.92 Å². The summed E-state index contributed by atoms with van der Waals surface area (Å²) in [5.74, 6) is 0.997. The minimum absolute atomic E-state index is 0. The van der Waals surface area contributed by atoms with Gasteiger partial charge in [0.15, 0.2) is 11.3 Å². The van der Waals surface area contributed by atoms with E-state index in [1.165, 1.54) is 79.6 Å². The summed E-state index contributed by atoms with van der Waals surface area (Å²) in [7, 11) is 0. The molecule has 0 aliphatic heterocycles. The van der Waals surface area contributed by atoms with Gasteiger partial charge < -0.3 is 24.0 Å². The lowest BCUT2D eigenvalue weighted by Crippen LogP contribution is -3.00. The summed E-state index contributed by atoms with van der Waals surface area (Å²) >= 11 is 1.46. The Morgan fingerprint density at radius 3 is 2.23 bits per heavy atom. The van der Waals surface area contributed by atoms with Crippen LogP contribution in [0.1, 0.15) is 63.9 Å². The Hall–Kier alpha value is -0.620. The Labute approximate surface area is 180 Å². The molecule has 0 amide bonds. The maximum atomic E-state index is 10.8. The molecule has 0 bridgehead atoms. The van der Waals surface area contributed by atoms with Crippen LogP contribution in [0.15, 0.2) is 36.5 Å². The van der Waals surface area contributed by atoms with Crippen LogP contribution in [-0.2, 0) is 11.3 Å². The SMILES string of the molecule is CC(=O)SCCCCCCCCCC[n+]1ccc(C)c2ccccc21.[I-]. The first-order valence-corrected chi connectivity index (χ1v) is 10.7. The predicted octanol–water partition coefficient (Wildman–Crippen LogP) is 2.84. The molecule has 0 unspecified atom stereocenters. The minimum atomic E-state index is 0. The van der Waals surface area contributed by atoms with Gasteiger partial charge >= 0.3 is 0 Å². The fourth-order valence-electron chi connectivity index (χ4n) is 3.29. The molecular weight excluding hydrogens is 453 g/mol. The molecule has 0 N–H and O–H groups in total. The van der Waals surface area contributed by atoms with Crippen LogP contribution < -0.4 is 28.5 Å². The zero-order valence-electron chi connectivity index (χ0n) is 16.2. The maximum absolute atomic E-state index is 10.8. The van der Waals surface area contributed by atoms with Crippen molar-refractivity contribution in [2.24, 2.45) is 0 Å². The Kier molecular flexibility index (Phi) is 12.2. The third-order valence-corrected chi connectivity index (χ3v) is 5.64. The first-order chi connectivity index (χ1) is 12.2. The number of benzene rings is 1. The van der Waals surface area contributed by atoms with Crippen molar-refractivity contribution in [3.05, 3.63) is 42.1 Å². The highest BCUT2D eigenvalue weighted by atomic mass is 127. The van der Waals surface area contributed by atoms with E-state index in [-0.39, 0.29) is 29.1 Å². The molecule has 0 aliphatic carbocycles. The number of thioether (sulfide) groups is 1. The lowest BCUT2D eigenvalue weighted by Gasteiger charge is -2.04. The number of rotatable bonds is 11. The van der Waals surface area contributed by atoms with Crippen molar-refractivity contribution in [1.29, 1.82) is 0 Å². The van der Waals surface area contributed by atoms with Crippen molar-refractivity contribution in [3.8, 4) is 0 Å². The zero-order chi connectivity index (χ0) is 17.9. The number of nitrogens with zero attached hydrogens (tertiary/aromatic N) is 1. The standard InChI is InChI=1S/C22H32NOS.HI/c1-19-15-17-23(22-14-10-9-13-21(19)22)16-11-7-5-3-4-6-8-12-18-25-20(2)24;/h9-10,13-15,17H,3-8,11-12,16,18H2,1-2H3;1H/q+1;/p-1. The molecule has 2 aromatic rings. The fraction of sp³-hybridized carbons (Fsp3) is 0.545. The van der Waals surface area contributed by atoms with Crippen molar-refractivity contribution in [3.63, 3.8) is 0 Å². The molecule has 2 nitrogen and oxygen atoms in total. The van der Waals surface area contributed by atoms with Gasteiger partial charge in [-0.15, -0.1) is 0 Å². The number of para-hydroxylation sites is 1. The van der Waals surface area contributed by atoms with Gasteiger partial charge in [0.1, 0.15) is 6.54 Å². The van der Waals surface area contributed by atoms with Crippen LogP contribution in [0, 0.1) is 6.92 Å². The number of aryl methyl sites for hydroxylation is 2. The molecule has 0 saturated carbocycles. The third-order valence-electron chi connectivity index (χ3n) is 4.74. The highest BCUT2D eigenvalue weighted by Gasteiger charge is 2.09. The molecular formula is C22H32INOS. The third kappa shape index (κ3) is 8.38. The van der Waals surface area contributed by atoms with Crippen molar-refractivity contribution in [2.45, 2.75) is 71.8 Å². The molecule has 0 saturated heterocycles. The molecule has 4 heteroatoms. The van der Waals surface area contributed by atoms with Crippen molar-refractivity contribution in [1.82, 2.24) is 0 Å². The summed E-state index contributed by atoms with van der Waals surface area (Å²) in [6.45, 7) is 4.96. The van der Waals surface area contributed by atoms with E-state index in [9.17, 15) is 4.79 Å². The molecule has 2 rings (SSSR count). The van der Waals surface area contributed by atoms with E-state index in [1.807, 2.05) is 0 Å². The van der Waals surface area contributed by atoms with E-state index < -0.39 is 0 Å². The summed E-state index contributed by atoms with van der Waals surface area (Å²) in [6.07, 6.45) is 12.6. The summed E-state index contributed by atoms with van der Waals surface area (Å²) < 4.78 is 2.40. The first kappa shape index (κ1) is 23.4. The number of halogens is 1. The number of hydrogen-bond donors (Lipinski definition) is 0. The van der Waals surface area contributed by atoms with E-state index in [4.69, 9.17) is 0 Å².